The summed E-state index contributed by atoms with van der Waals surface area (Å²) in [5.74, 6) is 2.15. The third-order valence-corrected chi connectivity index (χ3v) is 3.97. The molecule has 1 aliphatic rings. The van der Waals surface area contributed by atoms with Gasteiger partial charge in [-0.3, -0.25) is 9.38 Å². The van der Waals surface area contributed by atoms with E-state index in [1.54, 1.807) is 0 Å². The summed E-state index contributed by atoms with van der Waals surface area (Å²) in [7, 11) is 0. The normalized spacial score (nSPS) is 15.2. The van der Waals surface area contributed by atoms with Crippen LogP contribution in [0.15, 0.2) is 42.7 Å². The number of fused-ring (bicyclic) bond motifs is 1. The topological polar surface area (TPSA) is 52.3 Å². The summed E-state index contributed by atoms with van der Waals surface area (Å²) in [6.07, 6.45) is 6.12. The Bertz CT molecular complexity index is 806. The van der Waals surface area contributed by atoms with Crippen LogP contribution in [0.25, 0.3) is 5.65 Å². The SMILES string of the molecule is CC(C)(Oc1ccccc1)c1nnc2c(C3CC3)nccn12. The second kappa shape index (κ2) is 4.80. The van der Waals surface area contributed by atoms with E-state index >= 15 is 0 Å². The minimum Gasteiger partial charge on any atom is -0.480 e. The number of rotatable bonds is 4. The van der Waals surface area contributed by atoms with Crippen molar-refractivity contribution in [3.05, 3.63) is 54.2 Å². The van der Waals surface area contributed by atoms with Crippen LogP contribution < -0.4 is 4.74 Å². The van der Waals surface area contributed by atoms with E-state index in [0.29, 0.717) is 5.92 Å². The van der Waals surface area contributed by atoms with Crippen molar-refractivity contribution in [3.63, 3.8) is 0 Å². The smallest absolute Gasteiger partial charge is 0.182 e. The first-order chi connectivity index (χ1) is 10.6. The van der Waals surface area contributed by atoms with E-state index in [2.05, 4.69) is 15.2 Å². The van der Waals surface area contributed by atoms with Gasteiger partial charge in [-0.25, -0.2) is 0 Å². The zero-order valence-corrected chi connectivity index (χ0v) is 12.7. The molecule has 0 aliphatic heterocycles. The van der Waals surface area contributed by atoms with Gasteiger partial charge in [0.25, 0.3) is 0 Å². The molecule has 0 amide bonds. The Morgan fingerprint density at radius 3 is 2.64 bits per heavy atom. The number of aromatic nitrogens is 4. The van der Waals surface area contributed by atoms with Crippen LogP contribution in [0.2, 0.25) is 0 Å². The summed E-state index contributed by atoms with van der Waals surface area (Å²) in [5.41, 5.74) is 1.32. The Hall–Kier alpha value is -2.43. The number of hydrogen-bond acceptors (Lipinski definition) is 4. The largest absolute Gasteiger partial charge is 0.480 e. The van der Waals surface area contributed by atoms with Crippen molar-refractivity contribution >= 4 is 5.65 Å². The van der Waals surface area contributed by atoms with Gasteiger partial charge in [-0.1, -0.05) is 18.2 Å². The Balaban J connectivity index is 1.75. The van der Waals surface area contributed by atoms with Gasteiger partial charge in [0.15, 0.2) is 17.1 Å². The van der Waals surface area contributed by atoms with Crippen molar-refractivity contribution in [1.82, 2.24) is 19.6 Å². The Kier molecular flexibility index (Phi) is 2.89. The first kappa shape index (κ1) is 13.2. The van der Waals surface area contributed by atoms with Crippen molar-refractivity contribution in [2.75, 3.05) is 0 Å². The minimum atomic E-state index is -0.580. The highest BCUT2D eigenvalue weighted by Gasteiger charge is 2.32. The lowest BCUT2D eigenvalue weighted by Crippen LogP contribution is -2.28. The molecule has 3 aromatic rings. The molecule has 2 heterocycles. The number of benzene rings is 1. The van der Waals surface area contributed by atoms with Gasteiger partial charge in [-0.15, -0.1) is 10.2 Å². The molecule has 1 aromatic carbocycles. The second-order valence-electron chi connectivity index (χ2n) is 6.23. The van der Waals surface area contributed by atoms with Crippen molar-refractivity contribution < 1.29 is 4.74 Å². The van der Waals surface area contributed by atoms with E-state index in [9.17, 15) is 0 Å². The summed E-state index contributed by atoms with van der Waals surface area (Å²) in [5, 5.41) is 8.74. The van der Waals surface area contributed by atoms with E-state index in [-0.39, 0.29) is 0 Å². The van der Waals surface area contributed by atoms with E-state index in [1.807, 2.05) is 61.0 Å². The summed E-state index contributed by atoms with van der Waals surface area (Å²) in [6.45, 7) is 4.02. The van der Waals surface area contributed by atoms with Crippen molar-refractivity contribution in [1.29, 1.82) is 0 Å². The van der Waals surface area contributed by atoms with E-state index in [1.165, 1.54) is 12.8 Å². The zero-order valence-electron chi connectivity index (χ0n) is 12.7. The average molecular weight is 294 g/mol. The van der Waals surface area contributed by atoms with E-state index in [0.717, 1.165) is 22.9 Å². The van der Waals surface area contributed by atoms with Crippen molar-refractivity contribution in [2.45, 2.75) is 38.2 Å². The van der Waals surface area contributed by atoms with Crippen molar-refractivity contribution in [3.8, 4) is 5.75 Å². The molecule has 5 nitrogen and oxygen atoms in total. The number of nitrogens with zero attached hydrogens (tertiary/aromatic N) is 4. The number of para-hydroxylation sites is 1. The molecule has 0 N–H and O–H groups in total. The monoisotopic (exact) mass is 294 g/mol. The molecule has 1 aliphatic carbocycles. The summed E-state index contributed by atoms with van der Waals surface area (Å²) >= 11 is 0. The molecule has 0 spiro atoms. The third-order valence-electron chi connectivity index (χ3n) is 3.97. The molecule has 1 saturated carbocycles. The molecular formula is C17H18N4O. The highest BCUT2D eigenvalue weighted by molar-refractivity contribution is 5.47. The molecule has 5 heteroatoms. The average Bonchev–Trinajstić information content (AvgIpc) is 3.25. The molecule has 0 saturated heterocycles. The van der Waals surface area contributed by atoms with Crippen LogP contribution in [0.4, 0.5) is 0 Å². The van der Waals surface area contributed by atoms with Gasteiger partial charge in [0, 0.05) is 18.3 Å². The quantitative estimate of drug-likeness (QED) is 0.740. The molecular weight excluding hydrogens is 276 g/mol. The highest BCUT2D eigenvalue weighted by Crippen LogP contribution is 2.40. The maximum Gasteiger partial charge on any atom is 0.182 e. The van der Waals surface area contributed by atoms with Gasteiger partial charge in [-0.2, -0.15) is 0 Å². The molecule has 4 rings (SSSR count). The number of ether oxygens (including phenoxy) is 1. The standard InChI is InChI=1S/C17H18N4O/c1-17(2,22-13-6-4-3-5-7-13)16-20-19-15-14(12-8-9-12)18-10-11-21(15)16/h3-7,10-12H,8-9H2,1-2H3. The Morgan fingerprint density at radius 2 is 1.91 bits per heavy atom. The van der Waals surface area contributed by atoms with Gasteiger partial charge in [-0.05, 0) is 38.8 Å². The zero-order chi connectivity index (χ0) is 15.2. The van der Waals surface area contributed by atoms with E-state index in [4.69, 9.17) is 4.74 Å². The molecule has 0 atom stereocenters. The Labute approximate surface area is 129 Å². The second-order valence-corrected chi connectivity index (χ2v) is 6.23. The third kappa shape index (κ3) is 2.22. The Morgan fingerprint density at radius 1 is 1.14 bits per heavy atom. The molecule has 2 aromatic heterocycles. The van der Waals surface area contributed by atoms with Gasteiger partial charge in [0.05, 0.1) is 5.69 Å². The first-order valence-corrected chi connectivity index (χ1v) is 7.59. The predicted molar refractivity (Wildman–Crippen MR) is 82.9 cm³/mol. The van der Waals surface area contributed by atoms with Crippen LogP contribution in [0.5, 0.6) is 5.75 Å². The maximum atomic E-state index is 6.13. The molecule has 1 fully saturated rings. The molecule has 22 heavy (non-hydrogen) atoms. The summed E-state index contributed by atoms with van der Waals surface area (Å²) in [4.78, 5) is 4.48. The predicted octanol–water partition coefficient (Wildman–Crippen LogP) is 3.32. The van der Waals surface area contributed by atoms with Gasteiger partial charge in [0.2, 0.25) is 0 Å². The fraction of sp³-hybridized carbons (Fsp3) is 0.353. The summed E-state index contributed by atoms with van der Waals surface area (Å²) in [6, 6.07) is 9.79. The van der Waals surface area contributed by atoms with Crippen LogP contribution in [0.1, 0.15) is 44.1 Å². The van der Waals surface area contributed by atoms with Gasteiger partial charge >= 0.3 is 0 Å². The van der Waals surface area contributed by atoms with Gasteiger partial charge in [0.1, 0.15) is 5.75 Å². The van der Waals surface area contributed by atoms with Crippen LogP contribution in [0, 0.1) is 0 Å². The van der Waals surface area contributed by atoms with E-state index < -0.39 is 5.60 Å². The van der Waals surface area contributed by atoms with Gasteiger partial charge < -0.3 is 4.74 Å². The summed E-state index contributed by atoms with van der Waals surface area (Å²) < 4.78 is 8.13. The fourth-order valence-electron chi connectivity index (χ4n) is 2.73. The molecule has 0 unspecified atom stereocenters. The van der Waals surface area contributed by atoms with Crippen LogP contribution in [-0.2, 0) is 5.60 Å². The lowest BCUT2D eigenvalue weighted by Gasteiger charge is -2.24. The lowest BCUT2D eigenvalue weighted by molar-refractivity contribution is 0.0973. The number of hydrogen-bond donors (Lipinski definition) is 0. The van der Waals surface area contributed by atoms with Crippen LogP contribution in [-0.4, -0.2) is 19.6 Å². The molecule has 0 radical (unpaired) electrons. The molecule has 112 valence electrons. The highest BCUT2D eigenvalue weighted by atomic mass is 16.5. The van der Waals surface area contributed by atoms with Crippen molar-refractivity contribution in [2.24, 2.45) is 0 Å². The van der Waals surface area contributed by atoms with Crippen LogP contribution >= 0.6 is 0 Å². The minimum absolute atomic E-state index is 0.541. The first-order valence-electron chi connectivity index (χ1n) is 7.59. The lowest BCUT2D eigenvalue weighted by atomic mass is 10.1. The van der Waals surface area contributed by atoms with Crippen LogP contribution in [0.3, 0.4) is 0 Å². The maximum absolute atomic E-state index is 6.13. The fourth-order valence-corrected chi connectivity index (χ4v) is 2.73. The molecule has 0 bridgehead atoms.